The van der Waals surface area contributed by atoms with Gasteiger partial charge in [-0.25, -0.2) is 0 Å². The molecule has 1 aromatic heterocycles. The molecule has 0 bridgehead atoms. The zero-order valence-corrected chi connectivity index (χ0v) is 14.2. The molecule has 1 saturated heterocycles. The summed E-state index contributed by atoms with van der Waals surface area (Å²) in [6.45, 7) is 1.83. The van der Waals surface area contributed by atoms with E-state index in [9.17, 15) is 9.59 Å². The quantitative estimate of drug-likeness (QED) is 0.636. The molecule has 2 heterocycles. The van der Waals surface area contributed by atoms with Crippen molar-refractivity contribution in [2.75, 3.05) is 5.32 Å². The number of furan rings is 1. The first-order valence-electron chi connectivity index (χ1n) is 7.60. The van der Waals surface area contributed by atoms with E-state index in [-0.39, 0.29) is 18.2 Å². The Morgan fingerprint density at radius 1 is 1.32 bits per heavy atom. The van der Waals surface area contributed by atoms with E-state index in [0.717, 1.165) is 5.76 Å². The number of hydrogen-bond donors (Lipinski definition) is 2. The van der Waals surface area contributed by atoms with Crippen LogP contribution < -0.4 is 10.6 Å². The van der Waals surface area contributed by atoms with Gasteiger partial charge in [0.05, 0.1) is 6.21 Å². The molecule has 0 aliphatic carbocycles. The number of rotatable bonds is 5. The van der Waals surface area contributed by atoms with E-state index in [1.165, 1.54) is 18.0 Å². The van der Waals surface area contributed by atoms with Crippen molar-refractivity contribution in [3.05, 3.63) is 54.0 Å². The molecule has 0 saturated carbocycles. The third kappa shape index (κ3) is 4.80. The first kappa shape index (κ1) is 17.0. The van der Waals surface area contributed by atoms with Crippen molar-refractivity contribution in [1.29, 1.82) is 0 Å². The van der Waals surface area contributed by atoms with E-state index in [1.54, 1.807) is 18.2 Å². The van der Waals surface area contributed by atoms with E-state index < -0.39 is 5.25 Å². The first-order valence-corrected chi connectivity index (χ1v) is 8.48. The van der Waals surface area contributed by atoms with Crippen LogP contribution in [0.5, 0.6) is 0 Å². The highest BCUT2D eigenvalue weighted by Crippen LogP contribution is 2.23. The van der Waals surface area contributed by atoms with Gasteiger partial charge >= 0.3 is 0 Å². The van der Waals surface area contributed by atoms with Crippen LogP contribution in [0.1, 0.15) is 17.9 Å². The van der Waals surface area contributed by atoms with Crippen molar-refractivity contribution >= 4 is 40.6 Å². The molecule has 1 atom stereocenters. The SMILES string of the molecule is Cc1ccc(/C=N\N=C2/NC(=O)C(CC(=O)Nc3ccccc3)S2)o1. The number of aryl methyl sites for hydroxylation is 1. The summed E-state index contributed by atoms with van der Waals surface area (Å²) in [5, 5.41) is 13.0. The Labute approximate surface area is 148 Å². The van der Waals surface area contributed by atoms with Crippen LogP contribution in [0.4, 0.5) is 5.69 Å². The second-order valence-electron chi connectivity index (χ2n) is 5.31. The number of amides is 2. The number of nitrogens with zero attached hydrogens (tertiary/aromatic N) is 2. The summed E-state index contributed by atoms with van der Waals surface area (Å²) in [5.74, 6) is 0.878. The Kier molecular flexibility index (Phi) is 5.30. The number of carbonyl (C=O) groups is 2. The lowest BCUT2D eigenvalue weighted by molar-refractivity contribution is -0.122. The number of nitrogens with one attached hydrogen (secondary N) is 2. The average molecular weight is 356 g/mol. The van der Waals surface area contributed by atoms with Crippen LogP contribution in [0, 0.1) is 6.92 Å². The zero-order chi connectivity index (χ0) is 17.6. The molecule has 2 aromatic rings. The predicted molar refractivity (Wildman–Crippen MR) is 97.7 cm³/mol. The van der Waals surface area contributed by atoms with Gasteiger partial charge < -0.3 is 15.1 Å². The molecule has 2 N–H and O–H groups in total. The maximum atomic E-state index is 12.0. The van der Waals surface area contributed by atoms with Gasteiger partial charge in [-0.15, -0.1) is 5.10 Å². The fourth-order valence-corrected chi connectivity index (χ4v) is 3.07. The lowest BCUT2D eigenvalue weighted by atomic mass is 10.2. The third-order valence-corrected chi connectivity index (χ3v) is 4.37. The number of benzene rings is 1. The van der Waals surface area contributed by atoms with Gasteiger partial charge in [0.15, 0.2) is 5.17 Å². The number of amidine groups is 1. The second-order valence-corrected chi connectivity index (χ2v) is 6.50. The largest absolute Gasteiger partial charge is 0.460 e. The molecule has 7 nitrogen and oxygen atoms in total. The molecule has 0 spiro atoms. The Bertz CT molecular complexity index is 829. The summed E-state index contributed by atoms with van der Waals surface area (Å²) in [7, 11) is 0. The third-order valence-electron chi connectivity index (χ3n) is 3.30. The van der Waals surface area contributed by atoms with Crippen molar-refractivity contribution < 1.29 is 14.0 Å². The maximum absolute atomic E-state index is 12.0. The predicted octanol–water partition coefficient (Wildman–Crippen LogP) is 2.54. The highest BCUT2D eigenvalue weighted by Gasteiger charge is 2.32. The summed E-state index contributed by atoms with van der Waals surface area (Å²) in [6.07, 6.45) is 1.52. The minimum absolute atomic E-state index is 0.0610. The maximum Gasteiger partial charge on any atom is 0.240 e. The van der Waals surface area contributed by atoms with E-state index in [1.807, 2.05) is 31.2 Å². The standard InChI is InChI=1S/C17H16N4O3S/c1-11-7-8-13(24-11)10-18-21-17-20-16(23)14(25-17)9-15(22)19-12-5-3-2-4-6-12/h2-8,10,14H,9H2,1H3,(H,19,22)(H,20,21,23)/b18-10-. The molecular weight excluding hydrogens is 340 g/mol. The Morgan fingerprint density at radius 2 is 2.12 bits per heavy atom. The van der Waals surface area contributed by atoms with Crippen LogP contribution in [-0.2, 0) is 9.59 Å². The summed E-state index contributed by atoms with van der Waals surface area (Å²) < 4.78 is 5.33. The van der Waals surface area contributed by atoms with Gasteiger partial charge in [0.1, 0.15) is 16.8 Å². The summed E-state index contributed by atoms with van der Waals surface area (Å²) >= 11 is 1.18. The molecule has 1 unspecified atom stereocenters. The Balaban J connectivity index is 1.54. The minimum Gasteiger partial charge on any atom is -0.460 e. The normalized spacial score (nSPS) is 18.7. The van der Waals surface area contributed by atoms with Crippen LogP contribution in [0.15, 0.2) is 57.1 Å². The molecule has 1 aliphatic heterocycles. The lowest BCUT2D eigenvalue weighted by Gasteiger charge is -2.06. The van der Waals surface area contributed by atoms with Crippen LogP contribution in [0.2, 0.25) is 0 Å². The average Bonchev–Trinajstić information content (AvgIpc) is 3.14. The fraction of sp³-hybridized carbons (Fsp3) is 0.176. The molecule has 3 rings (SSSR count). The zero-order valence-electron chi connectivity index (χ0n) is 13.4. The van der Waals surface area contributed by atoms with Gasteiger partial charge in [-0.05, 0) is 31.2 Å². The van der Waals surface area contributed by atoms with E-state index in [0.29, 0.717) is 16.6 Å². The molecular formula is C17H16N4O3S. The van der Waals surface area contributed by atoms with Crippen molar-refractivity contribution in [3.8, 4) is 0 Å². The Morgan fingerprint density at radius 3 is 2.84 bits per heavy atom. The van der Waals surface area contributed by atoms with E-state index in [4.69, 9.17) is 4.42 Å². The minimum atomic E-state index is -0.525. The lowest BCUT2D eigenvalue weighted by Crippen LogP contribution is -2.28. The number of carbonyl (C=O) groups excluding carboxylic acids is 2. The van der Waals surface area contributed by atoms with Crippen LogP contribution in [-0.4, -0.2) is 28.4 Å². The number of para-hydroxylation sites is 1. The van der Waals surface area contributed by atoms with Gasteiger partial charge in [0, 0.05) is 12.1 Å². The summed E-state index contributed by atoms with van der Waals surface area (Å²) in [5.41, 5.74) is 0.697. The highest BCUT2D eigenvalue weighted by molar-refractivity contribution is 8.15. The van der Waals surface area contributed by atoms with Crippen molar-refractivity contribution in [2.24, 2.45) is 10.2 Å². The Hall–Kier alpha value is -2.87. The molecule has 128 valence electrons. The highest BCUT2D eigenvalue weighted by atomic mass is 32.2. The smallest absolute Gasteiger partial charge is 0.240 e. The molecule has 25 heavy (non-hydrogen) atoms. The van der Waals surface area contributed by atoms with Gasteiger partial charge in [0.2, 0.25) is 11.8 Å². The van der Waals surface area contributed by atoms with Crippen LogP contribution in [0.3, 0.4) is 0 Å². The fourth-order valence-electron chi connectivity index (χ4n) is 2.15. The topological polar surface area (TPSA) is 96.1 Å². The molecule has 1 aliphatic rings. The van der Waals surface area contributed by atoms with Gasteiger partial charge in [-0.2, -0.15) is 5.10 Å². The molecule has 1 aromatic carbocycles. The second kappa shape index (κ2) is 7.80. The van der Waals surface area contributed by atoms with Crippen LogP contribution in [0.25, 0.3) is 0 Å². The monoisotopic (exact) mass is 356 g/mol. The van der Waals surface area contributed by atoms with Crippen molar-refractivity contribution in [1.82, 2.24) is 5.32 Å². The van der Waals surface area contributed by atoms with Gasteiger partial charge in [-0.3, -0.25) is 9.59 Å². The van der Waals surface area contributed by atoms with Crippen LogP contribution >= 0.6 is 11.8 Å². The molecule has 2 amide bonds. The van der Waals surface area contributed by atoms with Crippen molar-refractivity contribution in [2.45, 2.75) is 18.6 Å². The number of hydrogen-bond acceptors (Lipinski definition) is 6. The van der Waals surface area contributed by atoms with Crippen molar-refractivity contribution in [3.63, 3.8) is 0 Å². The molecule has 0 radical (unpaired) electrons. The van der Waals surface area contributed by atoms with E-state index in [2.05, 4.69) is 20.8 Å². The molecule has 1 fully saturated rings. The number of anilines is 1. The molecule has 8 heteroatoms. The van der Waals surface area contributed by atoms with Gasteiger partial charge in [-0.1, -0.05) is 30.0 Å². The first-order chi connectivity index (χ1) is 12.1. The van der Waals surface area contributed by atoms with E-state index >= 15 is 0 Å². The van der Waals surface area contributed by atoms with Gasteiger partial charge in [0.25, 0.3) is 0 Å². The number of thioether (sulfide) groups is 1. The summed E-state index contributed by atoms with van der Waals surface area (Å²) in [6, 6.07) is 12.7. The summed E-state index contributed by atoms with van der Waals surface area (Å²) in [4.78, 5) is 24.0.